The van der Waals surface area contributed by atoms with Crippen molar-refractivity contribution in [2.24, 2.45) is 0 Å². The van der Waals surface area contributed by atoms with Gasteiger partial charge in [-0.05, 0) is 43.5 Å². The lowest BCUT2D eigenvalue weighted by Crippen LogP contribution is -2.30. The minimum Gasteiger partial charge on any atom is -0.476 e. The topological polar surface area (TPSA) is 45.5 Å². The number of nitrogens with zero attached hydrogens (tertiary/aromatic N) is 2. The Morgan fingerprint density at radius 1 is 0.962 bits per heavy atom. The average molecular weight is 389 g/mol. The molecule has 0 amide bonds. The number of para-hydroxylation sites is 1. The van der Waals surface area contributed by atoms with Crippen LogP contribution < -0.4 is 4.90 Å². The number of piperidine rings is 1. The molecule has 4 nitrogen and oxygen atoms in total. The molecular weight excluding hydrogens is 371 g/mol. The summed E-state index contributed by atoms with van der Waals surface area (Å²) in [6, 6.07) is 13.1. The Bertz CT molecular complexity index is 977. The van der Waals surface area contributed by atoms with E-state index in [1.807, 2.05) is 36.4 Å². The first kappa shape index (κ1) is 17.3. The number of hydrogen-bond acceptors (Lipinski definition) is 2. The van der Waals surface area contributed by atoms with Crippen molar-refractivity contribution in [2.75, 3.05) is 18.0 Å². The normalized spacial score (nSPS) is 14.8. The van der Waals surface area contributed by atoms with Crippen LogP contribution in [0.2, 0.25) is 10.0 Å². The Labute approximate surface area is 161 Å². The number of carbonyl (C=O) groups is 1. The fraction of sp³-hybridized carbons (Fsp3) is 0.250. The van der Waals surface area contributed by atoms with Crippen LogP contribution in [-0.4, -0.2) is 28.7 Å². The predicted molar refractivity (Wildman–Crippen MR) is 106 cm³/mol. The van der Waals surface area contributed by atoms with E-state index < -0.39 is 5.97 Å². The third kappa shape index (κ3) is 2.74. The summed E-state index contributed by atoms with van der Waals surface area (Å²) in [5.41, 5.74) is 2.45. The molecule has 26 heavy (non-hydrogen) atoms. The van der Waals surface area contributed by atoms with E-state index in [1.54, 1.807) is 10.6 Å². The van der Waals surface area contributed by atoms with Gasteiger partial charge in [-0.2, -0.15) is 0 Å². The highest BCUT2D eigenvalue weighted by molar-refractivity contribution is 6.46. The minimum atomic E-state index is -0.974. The smallest absolute Gasteiger partial charge is 0.355 e. The van der Waals surface area contributed by atoms with Crippen LogP contribution in [0, 0.1) is 0 Å². The van der Waals surface area contributed by atoms with Crippen LogP contribution in [0.3, 0.4) is 0 Å². The largest absolute Gasteiger partial charge is 0.476 e. The average Bonchev–Trinajstić information content (AvgIpc) is 3.02. The van der Waals surface area contributed by atoms with Crippen LogP contribution >= 0.6 is 23.2 Å². The molecule has 1 aliphatic rings. The van der Waals surface area contributed by atoms with Crippen LogP contribution in [0.4, 0.5) is 5.69 Å². The number of benzene rings is 2. The molecule has 0 aliphatic carbocycles. The standard InChI is InChI=1S/C20H18Cl2N2O2/c21-14-9-10-15-16(17(14)22)18(23-11-5-2-6-12-23)19(20(25)26)24(15)13-7-3-1-4-8-13/h1,3-4,7-10H,2,5-6,11-12H2,(H,25,26). The van der Waals surface area contributed by atoms with Crippen LogP contribution in [0.1, 0.15) is 29.8 Å². The minimum absolute atomic E-state index is 0.234. The van der Waals surface area contributed by atoms with E-state index in [-0.39, 0.29) is 5.69 Å². The number of halogens is 2. The Morgan fingerprint density at radius 2 is 1.65 bits per heavy atom. The Balaban J connectivity index is 2.12. The Morgan fingerprint density at radius 3 is 2.31 bits per heavy atom. The second kappa shape index (κ2) is 6.86. The molecule has 0 radical (unpaired) electrons. The zero-order valence-corrected chi connectivity index (χ0v) is 15.6. The lowest BCUT2D eigenvalue weighted by molar-refractivity contribution is 0.0689. The molecule has 3 aromatic rings. The Kier molecular flexibility index (Phi) is 4.55. The fourth-order valence-corrected chi connectivity index (χ4v) is 4.17. The van der Waals surface area contributed by atoms with Gasteiger partial charge >= 0.3 is 5.97 Å². The molecule has 0 bridgehead atoms. The number of aromatic nitrogens is 1. The molecule has 0 unspecified atom stereocenters. The van der Waals surface area contributed by atoms with Gasteiger partial charge < -0.3 is 14.6 Å². The van der Waals surface area contributed by atoms with Crippen molar-refractivity contribution in [2.45, 2.75) is 19.3 Å². The van der Waals surface area contributed by atoms with Gasteiger partial charge in [0, 0.05) is 24.2 Å². The van der Waals surface area contributed by atoms with Gasteiger partial charge in [0.1, 0.15) is 0 Å². The second-order valence-electron chi connectivity index (χ2n) is 6.48. The predicted octanol–water partition coefficient (Wildman–Crippen LogP) is 5.63. The molecule has 1 aliphatic heterocycles. The number of aromatic carboxylic acids is 1. The summed E-state index contributed by atoms with van der Waals surface area (Å²) in [5, 5.41) is 11.6. The van der Waals surface area contributed by atoms with Crippen molar-refractivity contribution in [3.05, 3.63) is 58.2 Å². The summed E-state index contributed by atoms with van der Waals surface area (Å²) in [6.07, 6.45) is 3.23. The first-order chi connectivity index (χ1) is 12.6. The number of anilines is 1. The van der Waals surface area contributed by atoms with Crippen LogP contribution in [0.5, 0.6) is 0 Å². The Hall–Kier alpha value is -2.17. The number of hydrogen-bond donors (Lipinski definition) is 1. The highest BCUT2D eigenvalue weighted by Crippen LogP contribution is 2.43. The van der Waals surface area contributed by atoms with Crippen LogP contribution in [-0.2, 0) is 0 Å². The highest BCUT2D eigenvalue weighted by Gasteiger charge is 2.29. The number of rotatable bonds is 3. The quantitative estimate of drug-likeness (QED) is 0.632. The SMILES string of the molecule is O=C(O)c1c(N2CCCCC2)c2c(Cl)c(Cl)ccc2n1-c1ccccc1. The van der Waals surface area contributed by atoms with E-state index in [4.69, 9.17) is 23.2 Å². The van der Waals surface area contributed by atoms with Gasteiger partial charge in [-0.15, -0.1) is 0 Å². The lowest BCUT2D eigenvalue weighted by Gasteiger charge is -2.29. The molecule has 2 aromatic carbocycles. The maximum atomic E-state index is 12.3. The number of fused-ring (bicyclic) bond motifs is 1. The van der Waals surface area contributed by atoms with Crippen molar-refractivity contribution in [1.29, 1.82) is 0 Å². The van der Waals surface area contributed by atoms with Gasteiger partial charge in [0.2, 0.25) is 0 Å². The molecule has 1 saturated heterocycles. The fourth-order valence-electron chi connectivity index (χ4n) is 3.76. The number of carboxylic acids is 1. The van der Waals surface area contributed by atoms with Crippen molar-refractivity contribution in [3.8, 4) is 5.69 Å². The van der Waals surface area contributed by atoms with E-state index in [2.05, 4.69) is 4.90 Å². The summed E-state index contributed by atoms with van der Waals surface area (Å²) < 4.78 is 1.77. The van der Waals surface area contributed by atoms with Gasteiger partial charge in [-0.1, -0.05) is 41.4 Å². The summed E-state index contributed by atoms with van der Waals surface area (Å²) in [5.74, 6) is -0.974. The zero-order valence-electron chi connectivity index (χ0n) is 14.1. The zero-order chi connectivity index (χ0) is 18.3. The van der Waals surface area contributed by atoms with E-state index in [9.17, 15) is 9.90 Å². The molecule has 1 N–H and O–H groups in total. The molecule has 1 aromatic heterocycles. The second-order valence-corrected chi connectivity index (χ2v) is 7.26. The third-order valence-corrected chi connectivity index (χ3v) is 5.69. The van der Waals surface area contributed by atoms with Gasteiger partial charge in [-0.3, -0.25) is 0 Å². The molecule has 2 heterocycles. The van der Waals surface area contributed by atoms with Gasteiger partial charge in [-0.25, -0.2) is 4.79 Å². The molecule has 6 heteroatoms. The third-order valence-electron chi connectivity index (χ3n) is 4.89. The molecule has 134 valence electrons. The maximum absolute atomic E-state index is 12.3. The van der Waals surface area contributed by atoms with Crippen LogP contribution in [0.25, 0.3) is 16.6 Å². The molecule has 0 saturated carbocycles. The van der Waals surface area contributed by atoms with Gasteiger partial charge in [0.15, 0.2) is 5.69 Å². The monoisotopic (exact) mass is 388 g/mol. The van der Waals surface area contributed by atoms with Crippen molar-refractivity contribution in [1.82, 2.24) is 4.57 Å². The van der Waals surface area contributed by atoms with Crippen molar-refractivity contribution < 1.29 is 9.90 Å². The summed E-state index contributed by atoms with van der Waals surface area (Å²) >= 11 is 12.8. The van der Waals surface area contributed by atoms with E-state index in [0.717, 1.165) is 43.6 Å². The molecule has 0 atom stereocenters. The first-order valence-corrected chi connectivity index (χ1v) is 9.41. The summed E-state index contributed by atoms with van der Waals surface area (Å²) in [4.78, 5) is 14.4. The maximum Gasteiger partial charge on any atom is 0.355 e. The molecule has 0 spiro atoms. The first-order valence-electron chi connectivity index (χ1n) is 8.65. The van der Waals surface area contributed by atoms with E-state index in [0.29, 0.717) is 21.1 Å². The van der Waals surface area contributed by atoms with Gasteiger partial charge in [0.05, 0.1) is 21.2 Å². The molecular formula is C20H18Cl2N2O2. The lowest BCUT2D eigenvalue weighted by atomic mass is 10.1. The number of carboxylic acid groups (broad SMARTS) is 1. The van der Waals surface area contributed by atoms with Crippen LogP contribution in [0.15, 0.2) is 42.5 Å². The van der Waals surface area contributed by atoms with Gasteiger partial charge in [0.25, 0.3) is 0 Å². The van der Waals surface area contributed by atoms with Crippen molar-refractivity contribution >= 4 is 45.8 Å². The molecule has 1 fully saturated rings. The van der Waals surface area contributed by atoms with E-state index >= 15 is 0 Å². The van der Waals surface area contributed by atoms with Crippen molar-refractivity contribution in [3.63, 3.8) is 0 Å². The summed E-state index contributed by atoms with van der Waals surface area (Å²) in [7, 11) is 0. The highest BCUT2D eigenvalue weighted by atomic mass is 35.5. The summed E-state index contributed by atoms with van der Waals surface area (Å²) in [6.45, 7) is 1.63. The van der Waals surface area contributed by atoms with E-state index in [1.165, 1.54) is 0 Å². The molecule has 4 rings (SSSR count).